The van der Waals surface area contributed by atoms with Crippen LogP contribution in [0.1, 0.15) is 18.4 Å². The van der Waals surface area contributed by atoms with E-state index in [-0.39, 0.29) is 12.0 Å². The zero-order valence-electron chi connectivity index (χ0n) is 13.2. The molecule has 1 unspecified atom stereocenters. The summed E-state index contributed by atoms with van der Waals surface area (Å²) in [6.07, 6.45) is 3.90. The second-order valence-corrected chi connectivity index (χ2v) is 6.16. The van der Waals surface area contributed by atoms with Gasteiger partial charge in [0.05, 0.1) is 6.61 Å². The highest BCUT2D eigenvalue weighted by atomic mass is 16.5. The number of likely N-dealkylation sites (tertiary alicyclic amines) is 1. The predicted molar refractivity (Wildman–Crippen MR) is 87.5 cm³/mol. The Morgan fingerprint density at radius 3 is 2.59 bits per heavy atom. The van der Waals surface area contributed by atoms with Gasteiger partial charge in [-0.3, -0.25) is 4.79 Å². The molecule has 2 aliphatic rings. The maximum Gasteiger partial charge on any atom is 0.253 e. The molecule has 2 aliphatic heterocycles. The summed E-state index contributed by atoms with van der Waals surface area (Å²) in [4.78, 5) is 16.6. The highest BCUT2D eigenvalue weighted by molar-refractivity contribution is 5.81. The van der Waals surface area contributed by atoms with Crippen molar-refractivity contribution in [3.05, 3.63) is 41.5 Å². The van der Waals surface area contributed by atoms with Crippen molar-refractivity contribution in [3.63, 3.8) is 0 Å². The number of carbonyl (C=O) groups is 1. The second kappa shape index (κ2) is 7.07. The molecule has 1 atom stereocenters. The van der Waals surface area contributed by atoms with E-state index in [1.165, 1.54) is 11.1 Å². The molecule has 1 amide bonds. The molecule has 0 saturated carbocycles. The van der Waals surface area contributed by atoms with Crippen LogP contribution in [0.15, 0.2) is 35.9 Å². The summed E-state index contributed by atoms with van der Waals surface area (Å²) in [5.74, 6) is 0.158. The van der Waals surface area contributed by atoms with Crippen molar-refractivity contribution in [3.8, 4) is 0 Å². The van der Waals surface area contributed by atoms with Gasteiger partial charge >= 0.3 is 0 Å². The van der Waals surface area contributed by atoms with Crippen LogP contribution in [0.2, 0.25) is 0 Å². The van der Waals surface area contributed by atoms with Crippen molar-refractivity contribution >= 4 is 12.0 Å². The van der Waals surface area contributed by atoms with Gasteiger partial charge in [0, 0.05) is 26.2 Å². The van der Waals surface area contributed by atoms with Crippen LogP contribution in [-0.4, -0.2) is 61.6 Å². The Hall–Kier alpha value is -1.65. The summed E-state index contributed by atoms with van der Waals surface area (Å²) < 4.78 is 5.64. The van der Waals surface area contributed by atoms with E-state index < -0.39 is 0 Å². The molecule has 4 nitrogen and oxygen atoms in total. The Morgan fingerprint density at radius 2 is 1.91 bits per heavy atom. The molecule has 4 heteroatoms. The number of amides is 1. The third-order valence-electron chi connectivity index (χ3n) is 4.43. The van der Waals surface area contributed by atoms with Gasteiger partial charge in [-0.05, 0) is 25.5 Å². The van der Waals surface area contributed by atoms with Gasteiger partial charge in [0.25, 0.3) is 5.91 Å². The Kier molecular flexibility index (Phi) is 4.90. The number of nitrogens with zero attached hydrogens (tertiary/aromatic N) is 2. The Morgan fingerprint density at radius 1 is 1.18 bits per heavy atom. The van der Waals surface area contributed by atoms with Crippen LogP contribution in [0.5, 0.6) is 0 Å². The van der Waals surface area contributed by atoms with Crippen LogP contribution in [0.4, 0.5) is 0 Å². The lowest BCUT2D eigenvalue weighted by Gasteiger charge is -2.35. The van der Waals surface area contributed by atoms with Crippen molar-refractivity contribution < 1.29 is 9.53 Å². The normalized spacial score (nSPS) is 23.4. The fraction of sp³-hybridized carbons (Fsp3) is 0.500. The average molecular weight is 300 g/mol. The summed E-state index contributed by atoms with van der Waals surface area (Å²) in [5, 5.41) is 0. The maximum absolute atomic E-state index is 12.5. The highest BCUT2D eigenvalue weighted by Gasteiger charge is 2.30. The molecule has 1 aromatic rings. The van der Waals surface area contributed by atoms with E-state index in [4.69, 9.17) is 4.74 Å². The number of rotatable bonds is 2. The standard InChI is InChI=1S/C18H24N2O2/c1-19-11-12-22-17(14-19)18(21)20-9-7-16(8-10-20)13-15-5-3-2-4-6-15/h2-6,13,17H,7-12,14H2,1H3. The monoisotopic (exact) mass is 300 g/mol. The van der Waals surface area contributed by atoms with Crippen LogP contribution < -0.4 is 0 Å². The second-order valence-electron chi connectivity index (χ2n) is 6.16. The topological polar surface area (TPSA) is 32.8 Å². The summed E-state index contributed by atoms with van der Waals surface area (Å²) in [7, 11) is 2.04. The summed E-state index contributed by atoms with van der Waals surface area (Å²) >= 11 is 0. The fourth-order valence-corrected chi connectivity index (χ4v) is 3.07. The minimum atomic E-state index is -0.279. The number of hydrogen-bond donors (Lipinski definition) is 0. The Bertz CT molecular complexity index is 531. The van der Waals surface area contributed by atoms with Crippen LogP contribution in [0, 0.1) is 0 Å². The molecule has 0 aliphatic carbocycles. The lowest BCUT2D eigenvalue weighted by atomic mass is 10.0. The quantitative estimate of drug-likeness (QED) is 0.838. The molecule has 2 saturated heterocycles. The van der Waals surface area contributed by atoms with E-state index in [9.17, 15) is 4.79 Å². The van der Waals surface area contributed by atoms with Gasteiger partial charge in [-0.15, -0.1) is 0 Å². The zero-order valence-corrected chi connectivity index (χ0v) is 13.2. The van der Waals surface area contributed by atoms with E-state index in [1.807, 2.05) is 18.0 Å². The minimum absolute atomic E-state index is 0.158. The summed E-state index contributed by atoms with van der Waals surface area (Å²) in [6, 6.07) is 10.4. The number of morpholine rings is 1. The first kappa shape index (κ1) is 15.3. The molecular formula is C18H24N2O2. The molecule has 22 heavy (non-hydrogen) atoms. The molecule has 0 aromatic heterocycles. The summed E-state index contributed by atoms with van der Waals surface area (Å²) in [6.45, 7) is 3.89. The highest BCUT2D eigenvalue weighted by Crippen LogP contribution is 2.20. The first-order chi connectivity index (χ1) is 10.7. The zero-order chi connectivity index (χ0) is 15.4. The molecule has 0 radical (unpaired) electrons. The van der Waals surface area contributed by atoms with Gasteiger partial charge < -0.3 is 14.5 Å². The van der Waals surface area contributed by atoms with Gasteiger partial charge in [-0.1, -0.05) is 42.0 Å². The average Bonchev–Trinajstić information content (AvgIpc) is 2.56. The van der Waals surface area contributed by atoms with E-state index in [1.54, 1.807) is 0 Å². The van der Waals surface area contributed by atoms with Crippen molar-refractivity contribution in [1.82, 2.24) is 9.80 Å². The third-order valence-corrected chi connectivity index (χ3v) is 4.43. The smallest absolute Gasteiger partial charge is 0.253 e. The molecule has 0 bridgehead atoms. The van der Waals surface area contributed by atoms with Crippen molar-refractivity contribution in [1.29, 1.82) is 0 Å². The molecule has 0 spiro atoms. The molecular weight excluding hydrogens is 276 g/mol. The minimum Gasteiger partial charge on any atom is -0.366 e. The van der Waals surface area contributed by atoms with Gasteiger partial charge in [0.1, 0.15) is 6.10 Å². The molecule has 0 N–H and O–H groups in total. The first-order valence-corrected chi connectivity index (χ1v) is 8.06. The van der Waals surface area contributed by atoms with Gasteiger partial charge in [0.15, 0.2) is 0 Å². The number of likely N-dealkylation sites (N-methyl/N-ethyl adjacent to an activating group) is 1. The fourth-order valence-electron chi connectivity index (χ4n) is 3.07. The van der Waals surface area contributed by atoms with Gasteiger partial charge in [-0.2, -0.15) is 0 Å². The summed E-state index contributed by atoms with van der Waals surface area (Å²) in [5.41, 5.74) is 2.67. The molecule has 2 fully saturated rings. The van der Waals surface area contributed by atoms with E-state index in [0.29, 0.717) is 13.2 Å². The number of hydrogen-bond acceptors (Lipinski definition) is 3. The first-order valence-electron chi connectivity index (χ1n) is 8.06. The van der Waals surface area contributed by atoms with Crippen LogP contribution in [0.3, 0.4) is 0 Å². The van der Waals surface area contributed by atoms with E-state index in [2.05, 4.69) is 35.2 Å². The van der Waals surface area contributed by atoms with Crippen LogP contribution >= 0.6 is 0 Å². The largest absolute Gasteiger partial charge is 0.366 e. The molecule has 2 heterocycles. The van der Waals surface area contributed by atoms with E-state index in [0.717, 1.165) is 32.5 Å². The van der Waals surface area contributed by atoms with Gasteiger partial charge in [0.2, 0.25) is 0 Å². The third kappa shape index (κ3) is 3.76. The van der Waals surface area contributed by atoms with Crippen molar-refractivity contribution in [2.45, 2.75) is 18.9 Å². The molecule has 3 rings (SSSR count). The Balaban J connectivity index is 1.55. The van der Waals surface area contributed by atoms with Gasteiger partial charge in [-0.25, -0.2) is 0 Å². The maximum atomic E-state index is 12.5. The molecule has 118 valence electrons. The number of ether oxygens (including phenoxy) is 1. The van der Waals surface area contributed by atoms with E-state index >= 15 is 0 Å². The molecule has 1 aromatic carbocycles. The van der Waals surface area contributed by atoms with Crippen LogP contribution in [-0.2, 0) is 9.53 Å². The lowest BCUT2D eigenvalue weighted by Crippen LogP contribution is -2.51. The number of benzene rings is 1. The predicted octanol–water partition coefficient (Wildman–Crippen LogP) is 2.02. The number of carbonyl (C=O) groups excluding carboxylic acids is 1. The van der Waals surface area contributed by atoms with Crippen LogP contribution in [0.25, 0.3) is 6.08 Å². The Labute approximate surface area is 132 Å². The number of piperidine rings is 1. The van der Waals surface area contributed by atoms with Crippen molar-refractivity contribution in [2.75, 3.05) is 39.8 Å². The SMILES string of the molecule is CN1CCOC(C(=O)N2CCC(=Cc3ccccc3)CC2)C1. The van der Waals surface area contributed by atoms with Crippen molar-refractivity contribution in [2.24, 2.45) is 0 Å². The lowest BCUT2D eigenvalue weighted by molar-refractivity contribution is -0.149.